The lowest BCUT2D eigenvalue weighted by molar-refractivity contribution is -0.138. The number of carbonyl (C=O) groups is 2. The molecule has 1 unspecified atom stereocenters. The predicted molar refractivity (Wildman–Crippen MR) is 79.4 cm³/mol. The molecule has 0 aliphatic carbocycles. The molecular formula is C15H22N4O2. The Hall–Kier alpha value is -1.95. The summed E-state index contributed by atoms with van der Waals surface area (Å²) in [6.07, 6.45) is 4.52. The molecule has 1 aromatic heterocycles. The summed E-state index contributed by atoms with van der Waals surface area (Å²) in [6.45, 7) is 4.71. The highest BCUT2D eigenvalue weighted by molar-refractivity contribution is 5.88. The minimum Gasteiger partial charge on any atom is -0.352 e. The summed E-state index contributed by atoms with van der Waals surface area (Å²) in [7, 11) is 0. The predicted octanol–water partition coefficient (Wildman–Crippen LogP) is 0.298. The van der Waals surface area contributed by atoms with Crippen molar-refractivity contribution in [2.24, 2.45) is 0 Å². The van der Waals surface area contributed by atoms with Crippen molar-refractivity contribution in [2.45, 2.75) is 32.4 Å². The molecule has 0 aromatic carbocycles. The molecular weight excluding hydrogens is 268 g/mol. The van der Waals surface area contributed by atoms with Gasteiger partial charge in [-0.1, -0.05) is 13.0 Å². The average Bonchev–Trinajstić information content (AvgIpc) is 2.50. The van der Waals surface area contributed by atoms with Gasteiger partial charge >= 0.3 is 0 Å². The largest absolute Gasteiger partial charge is 0.352 e. The van der Waals surface area contributed by atoms with Crippen LogP contribution in [-0.2, 0) is 16.1 Å². The first-order valence-electron chi connectivity index (χ1n) is 7.38. The summed E-state index contributed by atoms with van der Waals surface area (Å²) in [6, 6.07) is 3.33. The minimum absolute atomic E-state index is 0.0274. The number of carbonyl (C=O) groups excluding carboxylic acids is 2. The van der Waals surface area contributed by atoms with Gasteiger partial charge in [-0.3, -0.25) is 14.6 Å². The molecule has 2 amide bonds. The van der Waals surface area contributed by atoms with Crippen molar-refractivity contribution in [3.8, 4) is 0 Å². The van der Waals surface area contributed by atoms with E-state index in [9.17, 15) is 9.59 Å². The van der Waals surface area contributed by atoms with Crippen molar-refractivity contribution in [2.75, 3.05) is 19.6 Å². The van der Waals surface area contributed by atoms with E-state index in [4.69, 9.17) is 0 Å². The summed E-state index contributed by atoms with van der Waals surface area (Å²) in [5.74, 6) is -0.0947. The van der Waals surface area contributed by atoms with E-state index in [1.54, 1.807) is 12.4 Å². The maximum absolute atomic E-state index is 12.2. The highest BCUT2D eigenvalue weighted by Gasteiger charge is 2.29. The second kappa shape index (κ2) is 7.73. The third-order valence-corrected chi connectivity index (χ3v) is 3.48. The zero-order chi connectivity index (χ0) is 15.1. The first kappa shape index (κ1) is 15.4. The average molecular weight is 290 g/mol. The third kappa shape index (κ3) is 4.53. The lowest BCUT2D eigenvalue weighted by Gasteiger charge is -2.32. The summed E-state index contributed by atoms with van der Waals surface area (Å²) >= 11 is 0. The van der Waals surface area contributed by atoms with E-state index in [0.717, 1.165) is 31.6 Å². The van der Waals surface area contributed by atoms with Crippen molar-refractivity contribution in [3.05, 3.63) is 30.1 Å². The van der Waals surface area contributed by atoms with Crippen molar-refractivity contribution < 1.29 is 9.59 Å². The molecule has 2 N–H and O–H groups in total. The Morgan fingerprint density at radius 1 is 1.57 bits per heavy atom. The number of piperazine rings is 1. The fourth-order valence-electron chi connectivity index (χ4n) is 2.40. The van der Waals surface area contributed by atoms with E-state index in [0.29, 0.717) is 6.54 Å². The summed E-state index contributed by atoms with van der Waals surface area (Å²) in [4.78, 5) is 30.0. The molecule has 2 heterocycles. The Morgan fingerprint density at radius 3 is 3.14 bits per heavy atom. The van der Waals surface area contributed by atoms with Gasteiger partial charge in [0, 0.05) is 38.6 Å². The van der Waals surface area contributed by atoms with Gasteiger partial charge in [0.05, 0.1) is 12.5 Å². The monoisotopic (exact) mass is 290 g/mol. The molecule has 2 rings (SSSR count). The topological polar surface area (TPSA) is 74.3 Å². The quantitative estimate of drug-likeness (QED) is 0.790. The van der Waals surface area contributed by atoms with Gasteiger partial charge in [0.2, 0.25) is 11.8 Å². The van der Waals surface area contributed by atoms with Crippen molar-refractivity contribution >= 4 is 11.8 Å². The number of pyridine rings is 1. The normalized spacial score (nSPS) is 18.6. The zero-order valence-corrected chi connectivity index (χ0v) is 12.3. The first-order chi connectivity index (χ1) is 10.2. The summed E-state index contributed by atoms with van der Waals surface area (Å²) in [5, 5.41) is 5.95. The van der Waals surface area contributed by atoms with E-state index in [1.165, 1.54) is 0 Å². The Kier molecular flexibility index (Phi) is 5.68. The van der Waals surface area contributed by atoms with Crippen LogP contribution >= 0.6 is 0 Å². The second-order valence-electron chi connectivity index (χ2n) is 5.17. The Balaban J connectivity index is 1.80. The molecule has 6 nitrogen and oxygen atoms in total. The van der Waals surface area contributed by atoms with Crippen LogP contribution in [0.25, 0.3) is 0 Å². The van der Waals surface area contributed by atoms with Crippen LogP contribution in [0.2, 0.25) is 0 Å². The molecule has 21 heavy (non-hydrogen) atoms. The lowest BCUT2D eigenvalue weighted by Crippen LogP contribution is -2.56. The van der Waals surface area contributed by atoms with E-state index < -0.39 is 6.04 Å². The first-order valence-corrected chi connectivity index (χ1v) is 7.38. The fraction of sp³-hybridized carbons (Fsp3) is 0.533. The number of amides is 2. The molecule has 0 bridgehead atoms. The van der Waals surface area contributed by atoms with Crippen LogP contribution in [0, 0.1) is 0 Å². The standard InChI is InChI=1S/C15H22N4O2/c1-2-7-19-8-6-17-13(15(19)21)9-14(20)18-11-12-4-3-5-16-10-12/h3-5,10,13,17H,2,6-9,11H2,1H3,(H,18,20). The highest BCUT2D eigenvalue weighted by Crippen LogP contribution is 2.06. The van der Waals surface area contributed by atoms with Crippen molar-refractivity contribution in [1.29, 1.82) is 0 Å². The number of hydrogen-bond acceptors (Lipinski definition) is 4. The number of nitrogens with zero attached hydrogens (tertiary/aromatic N) is 2. The molecule has 1 saturated heterocycles. The van der Waals surface area contributed by atoms with Crippen LogP contribution in [0.15, 0.2) is 24.5 Å². The van der Waals surface area contributed by atoms with Crippen LogP contribution in [0.3, 0.4) is 0 Å². The van der Waals surface area contributed by atoms with Gasteiger partial charge in [0.25, 0.3) is 0 Å². The number of hydrogen-bond donors (Lipinski definition) is 2. The molecule has 1 fully saturated rings. The van der Waals surface area contributed by atoms with Crippen LogP contribution in [0.1, 0.15) is 25.3 Å². The Bertz CT molecular complexity index is 476. The van der Waals surface area contributed by atoms with E-state index in [-0.39, 0.29) is 18.2 Å². The molecule has 1 aromatic rings. The van der Waals surface area contributed by atoms with Gasteiger partial charge in [-0.15, -0.1) is 0 Å². The SMILES string of the molecule is CCCN1CCNC(CC(=O)NCc2cccnc2)C1=O. The highest BCUT2D eigenvalue weighted by atomic mass is 16.2. The summed E-state index contributed by atoms with van der Waals surface area (Å²) < 4.78 is 0. The fourth-order valence-corrected chi connectivity index (χ4v) is 2.40. The molecule has 0 saturated carbocycles. The second-order valence-corrected chi connectivity index (χ2v) is 5.17. The molecule has 6 heteroatoms. The maximum Gasteiger partial charge on any atom is 0.240 e. The van der Waals surface area contributed by atoms with Gasteiger partial charge in [0.1, 0.15) is 0 Å². The van der Waals surface area contributed by atoms with Gasteiger partial charge in [0.15, 0.2) is 0 Å². The molecule has 0 spiro atoms. The Labute approximate surface area is 124 Å². The van der Waals surface area contributed by atoms with E-state index in [1.807, 2.05) is 24.0 Å². The van der Waals surface area contributed by atoms with Gasteiger partial charge in [-0.25, -0.2) is 0 Å². The summed E-state index contributed by atoms with van der Waals surface area (Å²) in [5.41, 5.74) is 0.946. The zero-order valence-electron chi connectivity index (χ0n) is 12.3. The van der Waals surface area contributed by atoms with Crippen molar-refractivity contribution in [1.82, 2.24) is 20.5 Å². The van der Waals surface area contributed by atoms with E-state index in [2.05, 4.69) is 15.6 Å². The third-order valence-electron chi connectivity index (χ3n) is 3.48. The van der Waals surface area contributed by atoms with E-state index >= 15 is 0 Å². The van der Waals surface area contributed by atoms with Gasteiger partial charge < -0.3 is 15.5 Å². The molecule has 1 atom stereocenters. The molecule has 114 valence electrons. The number of rotatable bonds is 6. The van der Waals surface area contributed by atoms with Crippen LogP contribution in [0.4, 0.5) is 0 Å². The van der Waals surface area contributed by atoms with Gasteiger partial charge in [-0.2, -0.15) is 0 Å². The van der Waals surface area contributed by atoms with Gasteiger partial charge in [-0.05, 0) is 18.1 Å². The number of nitrogens with one attached hydrogen (secondary N) is 2. The molecule has 0 radical (unpaired) electrons. The molecule has 1 aliphatic heterocycles. The lowest BCUT2D eigenvalue weighted by atomic mass is 10.1. The van der Waals surface area contributed by atoms with Crippen LogP contribution in [-0.4, -0.2) is 47.4 Å². The Morgan fingerprint density at radius 2 is 2.43 bits per heavy atom. The van der Waals surface area contributed by atoms with Crippen LogP contribution in [0.5, 0.6) is 0 Å². The van der Waals surface area contributed by atoms with Crippen LogP contribution < -0.4 is 10.6 Å². The number of aromatic nitrogens is 1. The minimum atomic E-state index is -0.404. The smallest absolute Gasteiger partial charge is 0.240 e. The van der Waals surface area contributed by atoms with Crippen molar-refractivity contribution in [3.63, 3.8) is 0 Å². The molecule has 1 aliphatic rings. The maximum atomic E-state index is 12.2.